The third-order valence-corrected chi connectivity index (χ3v) is 3.47. The number of benzene rings is 2. The lowest BCUT2D eigenvalue weighted by Gasteiger charge is -2.11. The summed E-state index contributed by atoms with van der Waals surface area (Å²) in [6.07, 6.45) is 2.53. The largest absolute Gasteiger partial charge is 0.436 e. The second kappa shape index (κ2) is 5.85. The second-order valence-electron chi connectivity index (χ2n) is 5.21. The Morgan fingerprint density at radius 2 is 1.59 bits per heavy atom. The van der Waals surface area contributed by atoms with Crippen LogP contribution in [0.3, 0.4) is 0 Å². The molecule has 22 heavy (non-hydrogen) atoms. The van der Waals surface area contributed by atoms with Crippen molar-refractivity contribution in [3.05, 3.63) is 60.3 Å². The quantitative estimate of drug-likeness (QED) is 0.684. The van der Waals surface area contributed by atoms with Crippen molar-refractivity contribution in [1.29, 1.82) is 0 Å². The Morgan fingerprint density at radius 1 is 0.955 bits per heavy atom. The first kappa shape index (κ1) is 14.1. The van der Waals surface area contributed by atoms with E-state index >= 15 is 0 Å². The zero-order chi connectivity index (χ0) is 15.5. The molecule has 0 aliphatic rings. The number of oxazole rings is 1. The molecule has 0 radical (unpaired) electrons. The van der Waals surface area contributed by atoms with Gasteiger partial charge in [0.05, 0.1) is 6.20 Å². The van der Waals surface area contributed by atoms with Crippen molar-refractivity contribution >= 4 is 12.0 Å². The van der Waals surface area contributed by atoms with Gasteiger partial charge in [0.15, 0.2) is 5.76 Å². The monoisotopic (exact) mass is 292 g/mol. The molecular weight excluding hydrogens is 276 g/mol. The van der Waals surface area contributed by atoms with Crippen LogP contribution in [0.25, 0.3) is 22.8 Å². The van der Waals surface area contributed by atoms with Crippen LogP contribution in [0, 0.1) is 0 Å². The highest BCUT2D eigenvalue weighted by Gasteiger charge is 2.08. The molecule has 110 valence electrons. The number of rotatable bonds is 4. The Morgan fingerprint density at radius 3 is 2.18 bits per heavy atom. The fraction of sp³-hybridized carbons (Fsp3) is 0.111. The first-order valence-corrected chi connectivity index (χ1v) is 6.96. The van der Waals surface area contributed by atoms with Crippen LogP contribution in [-0.4, -0.2) is 25.4 Å². The molecule has 0 bridgehead atoms. The van der Waals surface area contributed by atoms with E-state index in [0.717, 1.165) is 28.9 Å². The van der Waals surface area contributed by atoms with Gasteiger partial charge in [-0.25, -0.2) is 4.98 Å². The van der Waals surface area contributed by atoms with Gasteiger partial charge in [0.25, 0.3) is 0 Å². The normalized spacial score (nSPS) is 10.5. The van der Waals surface area contributed by atoms with Crippen LogP contribution in [-0.2, 0) is 0 Å². The lowest BCUT2D eigenvalue weighted by atomic mass is 10.1. The molecule has 0 unspecified atom stereocenters. The van der Waals surface area contributed by atoms with Crippen molar-refractivity contribution in [2.75, 3.05) is 19.0 Å². The Bertz CT molecular complexity index is 772. The lowest BCUT2D eigenvalue weighted by molar-refractivity contribution is 0.112. The summed E-state index contributed by atoms with van der Waals surface area (Å²) < 4.78 is 5.82. The highest BCUT2D eigenvalue weighted by atomic mass is 16.4. The average Bonchev–Trinajstić information content (AvgIpc) is 3.05. The van der Waals surface area contributed by atoms with Crippen molar-refractivity contribution in [3.63, 3.8) is 0 Å². The number of carbonyl (C=O) groups excluding carboxylic acids is 1. The van der Waals surface area contributed by atoms with E-state index in [4.69, 9.17) is 4.42 Å². The first-order valence-electron chi connectivity index (χ1n) is 6.96. The predicted octanol–water partition coefficient (Wildman–Crippen LogP) is 3.89. The number of carbonyl (C=O) groups is 1. The maximum absolute atomic E-state index is 10.7. The lowest BCUT2D eigenvalue weighted by Crippen LogP contribution is -2.07. The van der Waals surface area contributed by atoms with E-state index in [9.17, 15) is 4.79 Å². The predicted molar refractivity (Wildman–Crippen MR) is 87.1 cm³/mol. The van der Waals surface area contributed by atoms with E-state index < -0.39 is 0 Å². The van der Waals surface area contributed by atoms with E-state index in [1.54, 1.807) is 18.3 Å². The number of anilines is 1. The molecule has 0 aliphatic heterocycles. The van der Waals surface area contributed by atoms with Crippen LogP contribution >= 0.6 is 0 Å². The molecule has 0 aliphatic carbocycles. The Hall–Kier alpha value is -2.88. The summed E-state index contributed by atoms with van der Waals surface area (Å²) in [5.74, 6) is 1.27. The van der Waals surface area contributed by atoms with E-state index in [1.807, 2.05) is 55.4 Å². The van der Waals surface area contributed by atoms with Gasteiger partial charge in [0.2, 0.25) is 5.89 Å². The number of nitrogens with zero attached hydrogens (tertiary/aromatic N) is 2. The average molecular weight is 292 g/mol. The molecule has 2 aromatic carbocycles. The van der Waals surface area contributed by atoms with Gasteiger partial charge in [0.1, 0.15) is 6.29 Å². The Labute approximate surface area is 129 Å². The van der Waals surface area contributed by atoms with Gasteiger partial charge in [-0.3, -0.25) is 4.79 Å². The highest BCUT2D eigenvalue weighted by molar-refractivity contribution is 5.76. The number of hydrogen-bond donors (Lipinski definition) is 0. The summed E-state index contributed by atoms with van der Waals surface area (Å²) in [6.45, 7) is 0. The molecule has 0 fully saturated rings. The zero-order valence-electron chi connectivity index (χ0n) is 12.5. The minimum absolute atomic E-state index is 0.545. The van der Waals surface area contributed by atoms with E-state index in [-0.39, 0.29) is 0 Å². The van der Waals surface area contributed by atoms with E-state index in [0.29, 0.717) is 11.5 Å². The van der Waals surface area contributed by atoms with Gasteiger partial charge >= 0.3 is 0 Å². The van der Waals surface area contributed by atoms with E-state index in [1.165, 1.54) is 0 Å². The molecule has 0 atom stereocenters. The van der Waals surface area contributed by atoms with Crippen LogP contribution in [0.5, 0.6) is 0 Å². The van der Waals surface area contributed by atoms with Crippen molar-refractivity contribution in [1.82, 2.24) is 4.98 Å². The minimum Gasteiger partial charge on any atom is -0.436 e. The fourth-order valence-electron chi connectivity index (χ4n) is 2.17. The van der Waals surface area contributed by atoms with Crippen molar-refractivity contribution in [2.45, 2.75) is 0 Å². The second-order valence-corrected chi connectivity index (χ2v) is 5.21. The molecule has 0 saturated heterocycles. The molecule has 0 N–H and O–H groups in total. The smallest absolute Gasteiger partial charge is 0.226 e. The molecule has 3 aromatic rings. The number of aldehydes is 1. The standard InChI is InChI=1S/C18H16N2O2/c1-20(2)16-9-7-14(8-10-16)17-11-19-18(22-17)15-5-3-13(12-21)4-6-15/h3-12H,1-2H3. The van der Waals surface area contributed by atoms with Crippen LogP contribution < -0.4 is 4.90 Å². The minimum atomic E-state index is 0.545. The molecule has 4 heteroatoms. The molecule has 1 aromatic heterocycles. The molecular formula is C18H16N2O2. The molecule has 0 spiro atoms. The molecule has 0 amide bonds. The van der Waals surface area contributed by atoms with Crippen LogP contribution in [0.2, 0.25) is 0 Å². The molecule has 1 heterocycles. The highest BCUT2D eigenvalue weighted by Crippen LogP contribution is 2.27. The number of aromatic nitrogens is 1. The van der Waals surface area contributed by atoms with Crippen LogP contribution in [0.4, 0.5) is 5.69 Å². The Kier molecular flexibility index (Phi) is 3.74. The summed E-state index contributed by atoms with van der Waals surface area (Å²) >= 11 is 0. The van der Waals surface area contributed by atoms with Gasteiger partial charge in [-0.2, -0.15) is 0 Å². The van der Waals surface area contributed by atoms with Crippen LogP contribution in [0.1, 0.15) is 10.4 Å². The summed E-state index contributed by atoms with van der Waals surface area (Å²) in [7, 11) is 4.01. The van der Waals surface area contributed by atoms with Gasteiger partial charge in [-0.05, 0) is 36.4 Å². The molecule has 3 rings (SSSR count). The van der Waals surface area contributed by atoms with Crippen LogP contribution in [0.15, 0.2) is 59.1 Å². The Balaban J connectivity index is 1.87. The summed E-state index contributed by atoms with van der Waals surface area (Å²) in [5.41, 5.74) is 3.60. The van der Waals surface area contributed by atoms with Crippen molar-refractivity contribution in [2.24, 2.45) is 0 Å². The van der Waals surface area contributed by atoms with E-state index in [2.05, 4.69) is 4.98 Å². The maximum atomic E-state index is 10.7. The first-order chi connectivity index (χ1) is 10.7. The van der Waals surface area contributed by atoms with Crippen molar-refractivity contribution in [3.8, 4) is 22.8 Å². The third kappa shape index (κ3) is 2.76. The van der Waals surface area contributed by atoms with Gasteiger partial charge in [-0.15, -0.1) is 0 Å². The number of hydrogen-bond acceptors (Lipinski definition) is 4. The third-order valence-electron chi connectivity index (χ3n) is 3.47. The summed E-state index contributed by atoms with van der Waals surface area (Å²) in [6, 6.07) is 15.2. The van der Waals surface area contributed by atoms with Gasteiger partial charge < -0.3 is 9.32 Å². The molecule has 4 nitrogen and oxygen atoms in total. The zero-order valence-corrected chi connectivity index (χ0v) is 12.5. The summed E-state index contributed by atoms with van der Waals surface area (Å²) in [4.78, 5) is 17.0. The summed E-state index contributed by atoms with van der Waals surface area (Å²) in [5, 5.41) is 0. The fourth-order valence-corrected chi connectivity index (χ4v) is 2.17. The van der Waals surface area contributed by atoms with Gasteiger partial charge in [-0.1, -0.05) is 12.1 Å². The SMILES string of the molecule is CN(C)c1ccc(-c2cnc(-c3ccc(C=O)cc3)o2)cc1. The topological polar surface area (TPSA) is 46.3 Å². The maximum Gasteiger partial charge on any atom is 0.226 e. The molecule has 0 saturated carbocycles. The van der Waals surface area contributed by atoms with Crippen molar-refractivity contribution < 1.29 is 9.21 Å². The van der Waals surface area contributed by atoms with Gasteiger partial charge in [0, 0.05) is 36.5 Å².